The lowest BCUT2D eigenvalue weighted by Gasteiger charge is -2.32. The van der Waals surface area contributed by atoms with E-state index in [0.717, 1.165) is 0 Å². The quantitative estimate of drug-likeness (QED) is 0.601. The molecule has 0 saturated carbocycles. The van der Waals surface area contributed by atoms with Crippen molar-refractivity contribution in [2.75, 3.05) is 4.90 Å². The van der Waals surface area contributed by atoms with Gasteiger partial charge < -0.3 is 0 Å². The van der Waals surface area contributed by atoms with Crippen LogP contribution in [0.4, 0.5) is 42.1 Å². The molecule has 0 spiro atoms. The van der Waals surface area contributed by atoms with Crippen molar-refractivity contribution in [3.05, 3.63) is 59.7 Å². The summed E-state index contributed by atoms with van der Waals surface area (Å²) in [6, 6.07) is 10.3. The van der Waals surface area contributed by atoms with E-state index >= 15 is 0 Å². The highest BCUT2D eigenvalue weighted by atomic mass is 19.4. The minimum absolute atomic E-state index is 0.151. The number of amides is 1. The molecule has 9 heteroatoms. The number of nitrogens with zero attached hydrogens (tertiary/aromatic N) is 1. The molecule has 0 N–H and O–H groups in total. The number of rotatable bonds is 4. The summed E-state index contributed by atoms with van der Waals surface area (Å²) in [6.45, 7) is 3.29. The van der Waals surface area contributed by atoms with E-state index in [9.17, 15) is 35.5 Å². The highest BCUT2D eigenvalue weighted by Gasteiger charge is 2.77. The van der Waals surface area contributed by atoms with Crippen LogP contribution >= 0.6 is 0 Å². The van der Waals surface area contributed by atoms with Crippen LogP contribution in [-0.4, -0.2) is 23.9 Å². The van der Waals surface area contributed by atoms with Gasteiger partial charge in [0.15, 0.2) is 0 Å². The van der Waals surface area contributed by atoms with Crippen molar-refractivity contribution < 1.29 is 35.5 Å². The Bertz CT molecular complexity index is 766. The largest absolute Gasteiger partial charge is 0.460 e. The van der Waals surface area contributed by atoms with Crippen LogP contribution in [-0.2, 0) is 4.79 Å². The van der Waals surface area contributed by atoms with E-state index in [4.69, 9.17) is 0 Å². The minimum Gasteiger partial charge on any atom is -0.276 e. The van der Waals surface area contributed by atoms with Crippen LogP contribution in [0.15, 0.2) is 48.5 Å². The molecule has 1 amide bonds. The van der Waals surface area contributed by atoms with Gasteiger partial charge in [0, 0.05) is 11.4 Å². The van der Waals surface area contributed by atoms with Gasteiger partial charge in [-0.2, -0.15) is 30.7 Å². The second-order valence-electron chi connectivity index (χ2n) is 5.96. The molecule has 2 aromatic rings. The third kappa shape index (κ3) is 3.77. The zero-order valence-electron chi connectivity index (χ0n) is 14.1. The lowest BCUT2D eigenvalue weighted by Crippen LogP contribution is -2.59. The molecule has 0 fully saturated rings. The van der Waals surface area contributed by atoms with Gasteiger partial charge in [-0.1, -0.05) is 35.4 Å². The Morgan fingerprint density at radius 2 is 1.04 bits per heavy atom. The molecule has 2 aromatic carbocycles. The number of aryl methyl sites for hydroxylation is 2. The first kappa shape index (κ1) is 20.7. The molecule has 146 valence electrons. The van der Waals surface area contributed by atoms with Crippen LogP contribution in [0.5, 0.6) is 0 Å². The summed E-state index contributed by atoms with van der Waals surface area (Å²) >= 11 is 0. The molecule has 0 heterocycles. The summed E-state index contributed by atoms with van der Waals surface area (Å²) in [4.78, 5) is 12.4. The molecule has 0 aliphatic carbocycles. The van der Waals surface area contributed by atoms with Gasteiger partial charge >= 0.3 is 23.9 Å². The maximum absolute atomic E-state index is 14.0. The molecule has 0 aliphatic rings. The molecule has 0 aliphatic heterocycles. The van der Waals surface area contributed by atoms with E-state index in [2.05, 4.69) is 0 Å². The van der Waals surface area contributed by atoms with Crippen molar-refractivity contribution in [2.45, 2.75) is 31.9 Å². The lowest BCUT2D eigenvalue weighted by molar-refractivity contribution is -0.343. The molecule has 2 nitrogen and oxygen atoms in total. The van der Waals surface area contributed by atoms with Gasteiger partial charge in [-0.05, 0) is 38.1 Å². The highest BCUT2D eigenvalue weighted by Crippen LogP contribution is 2.48. The monoisotopic (exact) mass is 393 g/mol. The number of hydrogen-bond acceptors (Lipinski definition) is 1. The summed E-state index contributed by atoms with van der Waals surface area (Å²) in [7, 11) is 0. The van der Waals surface area contributed by atoms with E-state index in [1.54, 1.807) is 13.8 Å². The number of alkyl halides is 7. The van der Waals surface area contributed by atoms with Crippen molar-refractivity contribution in [1.82, 2.24) is 0 Å². The van der Waals surface area contributed by atoms with E-state index in [1.165, 1.54) is 48.5 Å². The molecule has 0 bridgehead atoms. The third-order valence-corrected chi connectivity index (χ3v) is 3.81. The zero-order chi connectivity index (χ0) is 20.6. The summed E-state index contributed by atoms with van der Waals surface area (Å²) in [6.07, 6.45) is -6.60. The van der Waals surface area contributed by atoms with Crippen molar-refractivity contribution >= 4 is 17.3 Å². The minimum atomic E-state index is -6.60. The smallest absolute Gasteiger partial charge is 0.276 e. The molecule has 0 aromatic heterocycles. The number of carbonyl (C=O) groups excluding carboxylic acids is 1. The molecule has 27 heavy (non-hydrogen) atoms. The Kier molecular flexibility index (Phi) is 5.27. The maximum atomic E-state index is 14.0. The number of hydrogen-bond donors (Lipinski definition) is 0. The first-order valence-electron chi connectivity index (χ1n) is 7.59. The van der Waals surface area contributed by atoms with Crippen LogP contribution in [0.25, 0.3) is 0 Å². The second-order valence-corrected chi connectivity index (χ2v) is 5.96. The fourth-order valence-corrected chi connectivity index (χ4v) is 2.22. The molecular formula is C18H14F7NO. The lowest BCUT2D eigenvalue weighted by atomic mass is 10.1. The predicted molar refractivity (Wildman–Crippen MR) is 85.5 cm³/mol. The number of benzene rings is 2. The predicted octanol–water partition coefficient (Wildman–Crippen LogP) is 5.80. The van der Waals surface area contributed by atoms with Crippen LogP contribution in [0, 0.1) is 13.8 Å². The Labute approximate surface area is 150 Å². The first-order chi connectivity index (χ1) is 12.3. The Balaban J connectivity index is 2.61. The van der Waals surface area contributed by atoms with Gasteiger partial charge in [-0.3, -0.25) is 9.69 Å². The van der Waals surface area contributed by atoms with E-state index in [-0.39, 0.29) is 16.3 Å². The Hall–Kier alpha value is -2.58. The first-order valence-corrected chi connectivity index (χ1v) is 7.59. The van der Waals surface area contributed by atoms with Crippen molar-refractivity contribution in [3.63, 3.8) is 0 Å². The standard InChI is InChI=1S/C18H14F7NO/c1-11-3-7-13(8-4-11)26(14-9-5-12(2)6-10-14)15(27)16(19,20)17(21,22)18(23,24)25/h3-10H,1-2H3. The van der Waals surface area contributed by atoms with Gasteiger partial charge in [0.1, 0.15) is 0 Å². The van der Waals surface area contributed by atoms with Gasteiger partial charge in [0.2, 0.25) is 0 Å². The van der Waals surface area contributed by atoms with Crippen LogP contribution < -0.4 is 4.90 Å². The summed E-state index contributed by atoms with van der Waals surface area (Å²) in [5.41, 5.74) is 0.795. The number of carbonyl (C=O) groups is 1. The van der Waals surface area contributed by atoms with Gasteiger partial charge in [-0.15, -0.1) is 0 Å². The SMILES string of the molecule is Cc1ccc(N(C(=O)C(F)(F)C(F)(F)C(F)(F)F)c2ccc(C)cc2)cc1. The summed E-state index contributed by atoms with van der Waals surface area (Å²) in [5.74, 6) is -15.2. The van der Waals surface area contributed by atoms with Crippen LogP contribution in [0.3, 0.4) is 0 Å². The molecule has 0 saturated heterocycles. The fraction of sp³-hybridized carbons (Fsp3) is 0.278. The highest BCUT2D eigenvalue weighted by molar-refractivity contribution is 6.05. The van der Waals surface area contributed by atoms with Crippen LogP contribution in [0.2, 0.25) is 0 Å². The topological polar surface area (TPSA) is 20.3 Å². The average Bonchev–Trinajstić information content (AvgIpc) is 2.57. The van der Waals surface area contributed by atoms with Crippen molar-refractivity contribution in [3.8, 4) is 0 Å². The summed E-state index contributed by atoms with van der Waals surface area (Å²) in [5, 5.41) is 0. The number of halogens is 7. The second kappa shape index (κ2) is 6.86. The van der Waals surface area contributed by atoms with Crippen LogP contribution in [0.1, 0.15) is 11.1 Å². The fourth-order valence-electron chi connectivity index (χ4n) is 2.22. The molecule has 0 unspecified atom stereocenters. The van der Waals surface area contributed by atoms with Gasteiger partial charge in [0.25, 0.3) is 0 Å². The molecule has 2 rings (SSSR count). The zero-order valence-corrected chi connectivity index (χ0v) is 14.1. The number of anilines is 2. The maximum Gasteiger partial charge on any atom is 0.460 e. The average molecular weight is 393 g/mol. The third-order valence-electron chi connectivity index (χ3n) is 3.81. The van der Waals surface area contributed by atoms with Gasteiger partial charge in [0.05, 0.1) is 0 Å². The Morgan fingerprint density at radius 3 is 1.33 bits per heavy atom. The molecular weight excluding hydrogens is 379 g/mol. The van der Waals surface area contributed by atoms with Crippen molar-refractivity contribution in [2.24, 2.45) is 0 Å². The van der Waals surface area contributed by atoms with E-state index in [1.807, 2.05) is 0 Å². The summed E-state index contributed by atoms with van der Waals surface area (Å²) < 4.78 is 92.1. The molecule has 0 atom stereocenters. The Morgan fingerprint density at radius 1 is 0.704 bits per heavy atom. The normalized spacial score (nSPS) is 12.8. The van der Waals surface area contributed by atoms with E-state index in [0.29, 0.717) is 11.1 Å². The molecule has 0 radical (unpaired) electrons. The van der Waals surface area contributed by atoms with Gasteiger partial charge in [-0.25, -0.2) is 0 Å². The van der Waals surface area contributed by atoms with E-state index < -0.39 is 23.9 Å². The van der Waals surface area contributed by atoms with Crippen molar-refractivity contribution in [1.29, 1.82) is 0 Å².